The molecule has 0 aliphatic rings. The second-order valence-corrected chi connectivity index (χ2v) is 11.4. The molecule has 0 bridgehead atoms. The molecule has 0 fully saturated rings. The van der Waals surface area contributed by atoms with Gasteiger partial charge in [0.05, 0.1) is 29.4 Å². The van der Waals surface area contributed by atoms with Crippen molar-refractivity contribution in [3.8, 4) is 32.4 Å². The minimum absolute atomic E-state index is 0.205. The Balaban J connectivity index is 0.000000315. The van der Waals surface area contributed by atoms with Crippen LogP contribution in [0, 0.1) is 64.0 Å². The van der Waals surface area contributed by atoms with Crippen LogP contribution in [0.5, 0.6) is 0 Å². The van der Waals surface area contributed by atoms with Gasteiger partial charge in [-0.1, -0.05) is 0 Å². The van der Waals surface area contributed by atoms with Crippen molar-refractivity contribution in [3.63, 3.8) is 0 Å². The summed E-state index contributed by atoms with van der Waals surface area (Å²) in [7, 11) is 0. The third kappa shape index (κ3) is 11.0. The van der Waals surface area contributed by atoms with E-state index < -0.39 is 0 Å². The summed E-state index contributed by atoms with van der Waals surface area (Å²) in [5.41, 5.74) is 33.1. The standard InChI is InChI=1S/3C7H5N5S2/c3*8-2-13-4-1-5(14-3-9)7(11)12-6(4)10/h3*1H,(H4,10,11,12). The van der Waals surface area contributed by atoms with Crippen LogP contribution in [0.1, 0.15) is 0 Å². The van der Waals surface area contributed by atoms with Gasteiger partial charge >= 0.3 is 0 Å². The first kappa shape index (κ1) is 35.3. The summed E-state index contributed by atoms with van der Waals surface area (Å²) >= 11 is 5.34. The van der Waals surface area contributed by atoms with Crippen LogP contribution in [0.2, 0.25) is 0 Å². The van der Waals surface area contributed by atoms with Gasteiger partial charge < -0.3 is 34.4 Å². The lowest BCUT2D eigenvalue weighted by molar-refractivity contribution is 1.19. The Morgan fingerprint density at radius 1 is 0.357 bits per heavy atom. The van der Waals surface area contributed by atoms with E-state index in [1.54, 1.807) is 18.2 Å². The molecule has 0 aromatic carbocycles. The Morgan fingerprint density at radius 2 is 0.500 bits per heavy atom. The molecular weight excluding hydrogens is 655 g/mol. The van der Waals surface area contributed by atoms with Gasteiger partial charge in [0.1, 0.15) is 67.3 Å². The number of nitrogens with two attached hydrogens (primary N) is 6. The van der Waals surface area contributed by atoms with Gasteiger partial charge in [0, 0.05) is 0 Å². The first-order valence-corrected chi connectivity index (χ1v) is 15.0. The molecule has 3 rings (SSSR count). The van der Waals surface area contributed by atoms with Gasteiger partial charge in [-0.3, -0.25) is 0 Å². The van der Waals surface area contributed by atoms with Crippen molar-refractivity contribution in [2.75, 3.05) is 34.4 Å². The first-order valence-electron chi connectivity index (χ1n) is 10.1. The minimum Gasteiger partial charge on any atom is -0.383 e. The highest BCUT2D eigenvalue weighted by Gasteiger charge is 2.10. The fourth-order valence-electron chi connectivity index (χ4n) is 2.31. The third-order valence-electron chi connectivity index (χ3n) is 3.96. The van der Waals surface area contributed by atoms with E-state index in [2.05, 4.69) is 15.0 Å². The number of hydrogen-bond acceptors (Lipinski definition) is 21. The smallest absolute Gasteiger partial charge is 0.140 e. The lowest BCUT2D eigenvalue weighted by Crippen LogP contribution is -1.99. The average Bonchev–Trinajstić information content (AvgIpc) is 2.94. The predicted molar refractivity (Wildman–Crippen MR) is 168 cm³/mol. The van der Waals surface area contributed by atoms with E-state index in [9.17, 15) is 0 Å². The third-order valence-corrected chi connectivity index (χ3v) is 7.79. The van der Waals surface area contributed by atoms with Crippen LogP contribution in [0.15, 0.2) is 47.6 Å². The van der Waals surface area contributed by atoms with Gasteiger partial charge in [0.15, 0.2) is 0 Å². The van der Waals surface area contributed by atoms with E-state index in [-0.39, 0.29) is 34.9 Å². The van der Waals surface area contributed by atoms with Crippen molar-refractivity contribution in [1.29, 1.82) is 31.6 Å². The van der Waals surface area contributed by atoms with Gasteiger partial charge in [-0.05, 0) is 88.8 Å². The number of aromatic nitrogens is 3. The maximum absolute atomic E-state index is 8.46. The van der Waals surface area contributed by atoms with Gasteiger partial charge in [-0.2, -0.15) is 31.6 Å². The molecule has 0 aliphatic heterocycles. The molecule has 0 radical (unpaired) electrons. The van der Waals surface area contributed by atoms with Gasteiger partial charge in [0.2, 0.25) is 0 Å². The molecule has 12 N–H and O–H groups in total. The molecule has 0 atom stereocenters. The topological polar surface area (TPSA) is 338 Å². The highest BCUT2D eigenvalue weighted by Crippen LogP contribution is 2.33. The van der Waals surface area contributed by atoms with E-state index in [1.807, 2.05) is 32.4 Å². The van der Waals surface area contributed by atoms with Gasteiger partial charge in [-0.15, -0.1) is 0 Å². The summed E-state index contributed by atoms with van der Waals surface area (Å²) in [5.74, 6) is 1.23. The van der Waals surface area contributed by atoms with Crippen molar-refractivity contribution in [2.24, 2.45) is 0 Å². The fourth-order valence-corrected chi connectivity index (χ4v) is 5.08. The Bertz CT molecular complexity index is 1380. The molecule has 3 aromatic heterocycles. The molecule has 15 nitrogen and oxygen atoms in total. The molecule has 0 amide bonds. The van der Waals surface area contributed by atoms with Crippen LogP contribution in [0.3, 0.4) is 0 Å². The van der Waals surface area contributed by atoms with Crippen LogP contribution in [-0.2, 0) is 0 Å². The molecule has 0 spiro atoms. The molecule has 0 saturated carbocycles. The summed E-state index contributed by atoms with van der Waals surface area (Å²) < 4.78 is 0. The molecule has 3 aromatic rings. The highest BCUT2D eigenvalue weighted by atomic mass is 32.2. The molecule has 3 heterocycles. The number of nitriles is 6. The molecular formula is C21H15N15S6. The maximum atomic E-state index is 8.46. The summed E-state index contributed by atoms with van der Waals surface area (Å²) in [6.45, 7) is 0. The SMILES string of the molecule is N#CSc1cc(SC#N)c(N)nc1N.N#CSc1cc(SC#N)c(N)nc1N.N#CSc1cc(SC#N)c(N)nc1N. The van der Waals surface area contributed by atoms with Crippen LogP contribution in [-0.4, -0.2) is 15.0 Å². The second kappa shape index (κ2) is 18.6. The molecule has 0 unspecified atom stereocenters. The number of nitrogen functional groups attached to an aromatic ring is 6. The molecule has 42 heavy (non-hydrogen) atoms. The van der Waals surface area contributed by atoms with Crippen LogP contribution in [0.4, 0.5) is 34.9 Å². The van der Waals surface area contributed by atoms with Gasteiger partial charge in [0.25, 0.3) is 0 Å². The maximum Gasteiger partial charge on any atom is 0.140 e. The van der Waals surface area contributed by atoms with Gasteiger partial charge in [-0.25, -0.2) is 15.0 Å². The van der Waals surface area contributed by atoms with E-state index in [4.69, 9.17) is 66.0 Å². The summed E-state index contributed by atoms with van der Waals surface area (Å²) in [6, 6.07) is 4.75. The highest BCUT2D eigenvalue weighted by molar-refractivity contribution is 8.05. The number of thiocyanates is 6. The monoisotopic (exact) mass is 669 g/mol. The first-order chi connectivity index (χ1) is 20.1. The Labute approximate surface area is 265 Å². The average molecular weight is 670 g/mol. The molecule has 210 valence electrons. The van der Waals surface area contributed by atoms with Crippen LogP contribution >= 0.6 is 70.6 Å². The van der Waals surface area contributed by atoms with E-state index >= 15 is 0 Å². The van der Waals surface area contributed by atoms with Crippen LogP contribution in [0.25, 0.3) is 0 Å². The Hall–Kier alpha value is -4.71. The van der Waals surface area contributed by atoms with E-state index in [0.717, 1.165) is 70.6 Å². The summed E-state index contributed by atoms with van der Waals surface area (Å²) in [4.78, 5) is 14.5. The molecule has 0 aliphatic carbocycles. The van der Waals surface area contributed by atoms with Crippen molar-refractivity contribution in [2.45, 2.75) is 29.4 Å². The second-order valence-electron chi connectivity index (χ2n) is 6.43. The van der Waals surface area contributed by atoms with Crippen molar-refractivity contribution in [1.82, 2.24) is 15.0 Å². The number of nitrogens with zero attached hydrogens (tertiary/aromatic N) is 9. The normalized spacial score (nSPS) is 9.00. The number of pyridine rings is 3. The zero-order valence-corrected chi connectivity index (χ0v) is 25.6. The van der Waals surface area contributed by atoms with E-state index in [0.29, 0.717) is 29.4 Å². The minimum atomic E-state index is 0.205. The lowest BCUT2D eigenvalue weighted by atomic mass is 10.4. The largest absolute Gasteiger partial charge is 0.383 e. The fraction of sp³-hybridized carbons (Fsp3) is 0. The summed E-state index contributed by atoms with van der Waals surface area (Å²) in [5, 5.41) is 62.0. The number of hydrogen-bond donors (Lipinski definition) is 6. The molecule has 0 saturated heterocycles. The number of anilines is 6. The van der Waals surface area contributed by atoms with Crippen molar-refractivity contribution >= 4 is 105 Å². The van der Waals surface area contributed by atoms with Crippen LogP contribution < -0.4 is 34.4 Å². The number of rotatable bonds is 6. The Morgan fingerprint density at radius 3 is 0.619 bits per heavy atom. The Kier molecular flexibility index (Phi) is 15.6. The zero-order valence-electron chi connectivity index (χ0n) is 20.7. The van der Waals surface area contributed by atoms with E-state index in [1.165, 1.54) is 0 Å². The van der Waals surface area contributed by atoms with Crippen molar-refractivity contribution < 1.29 is 0 Å². The molecule has 21 heteroatoms. The zero-order chi connectivity index (χ0) is 31.7. The predicted octanol–water partition coefficient (Wildman–Crippen LogP) is 4.18. The van der Waals surface area contributed by atoms with Crippen molar-refractivity contribution in [3.05, 3.63) is 18.2 Å². The quantitative estimate of drug-likeness (QED) is 0.158. The number of thioether (sulfide) groups is 6. The lowest BCUT2D eigenvalue weighted by Gasteiger charge is -2.04. The summed E-state index contributed by atoms with van der Waals surface area (Å²) in [6.07, 6.45) is 0.